The average molecular weight is 276 g/mol. The summed E-state index contributed by atoms with van der Waals surface area (Å²) in [6.07, 6.45) is 4.20. The van der Waals surface area contributed by atoms with Gasteiger partial charge in [-0.1, -0.05) is 0 Å². The van der Waals surface area contributed by atoms with Crippen molar-refractivity contribution < 1.29 is 8.42 Å². The highest BCUT2D eigenvalue weighted by molar-refractivity contribution is 8.13. The van der Waals surface area contributed by atoms with Crippen molar-refractivity contribution >= 4 is 19.7 Å². The van der Waals surface area contributed by atoms with Gasteiger partial charge in [0.1, 0.15) is 12.2 Å². The van der Waals surface area contributed by atoms with Gasteiger partial charge in [-0.05, 0) is 6.92 Å². The first-order valence-electron chi connectivity index (χ1n) is 4.84. The topological polar surface area (TPSA) is 82.7 Å². The average Bonchev–Trinajstić information content (AvgIpc) is 2.86. The van der Waals surface area contributed by atoms with Crippen molar-refractivity contribution in [3.05, 3.63) is 24.7 Å². The molecule has 0 aliphatic rings. The first-order chi connectivity index (χ1) is 8.00. The van der Waals surface area contributed by atoms with Crippen LogP contribution in [0.5, 0.6) is 0 Å². The summed E-state index contributed by atoms with van der Waals surface area (Å²) < 4.78 is 25.4. The van der Waals surface area contributed by atoms with Crippen LogP contribution in [0.2, 0.25) is 0 Å². The standard InChI is InChI=1S/C8H10ClN5O2S/c1-2-14-7(10-5-12-14)3-13-4-8(11-6-13)17(9,15)16/h4-6H,2-3H2,1H3. The molecule has 92 valence electrons. The summed E-state index contributed by atoms with van der Waals surface area (Å²) in [5, 5.41) is 3.85. The van der Waals surface area contributed by atoms with E-state index in [-0.39, 0.29) is 5.03 Å². The molecule has 9 heteroatoms. The fourth-order valence-electron chi connectivity index (χ4n) is 1.39. The third kappa shape index (κ3) is 2.64. The molecule has 0 amide bonds. The van der Waals surface area contributed by atoms with Crippen LogP contribution in [-0.4, -0.2) is 32.7 Å². The summed E-state index contributed by atoms with van der Waals surface area (Å²) in [5.74, 6) is 0.725. The molecule has 2 aromatic rings. The Morgan fingerprint density at radius 1 is 1.41 bits per heavy atom. The van der Waals surface area contributed by atoms with Gasteiger partial charge in [0.2, 0.25) is 0 Å². The number of nitrogens with zero attached hydrogens (tertiary/aromatic N) is 5. The maximum absolute atomic E-state index is 11.0. The zero-order chi connectivity index (χ0) is 12.5. The Balaban J connectivity index is 2.23. The lowest BCUT2D eigenvalue weighted by Gasteiger charge is -2.02. The molecule has 17 heavy (non-hydrogen) atoms. The van der Waals surface area contributed by atoms with Crippen molar-refractivity contribution in [2.24, 2.45) is 0 Å². The van der Waals surface area contributed by atoms with Gasteiger partial charge in [-0.25, -0.2) is 23.1 Å². The molecule has 2 rings (SSSR count). The lowest BCUT2D eigenvalue weighted by molar-refractivity contribution is 0.590. The van der Waals surface area contributed by atoms with Gasteiger partial charge in [-0.3, -0.25) is 0 Å². The molecule has 0 saturated carbocycles. The first kappa shape index (κ1) is 12.1. The third-order valence-corrected chi connectivity index (χ3v) is 3.36. The molecule has 0 aliphatic carbocycles. The third-order valence-electron chi connectivity index (χ3n) is 2.18. The predicted molar refractivity (Wildman–Crippen MR) is 60.1 cm³/mol. The van der Waals surface area contributed by atoms with E-state index in [2.05, 4.69) is 15.1 Å². The van der Waals surface area contributed by atoms with Crippen LogP contribution in [0.25, 0.3) is 0 Å². The minimum atomic E-state index is -3.78. The van der Waals surface area contributed by atoms with Crippen molar-refractivity contribution in [3.8, 4) is 0 Å². The predicted octanol–water partition coefficient (Wildman–Crippen LogP) is 0.470. The van der Waals surface area contributed by atoms with Gasteiger partial charge in [-0.2, -0.15) is 5.10 Å². The minimum Gasteiger partial charge on any atom is -0.328 e. The Hall–Kier alpha value is -1.41. The Morgan fingerprint density at radius 2 is 2.18 bits per heavy atom. The monoisotopic (exact) mass is 275 g/mol. The molecule has 0 atom stereocenters. The maximum Gasteiger partial charge on any atom is 0.280 e. The lowest BCUT2D eigenvalue weighted by atomic mass is 10.5. The molecule has 0 aliphatic heterocycles. The molecular formula is C8H10ClN5O2S. The van der Waals surface area contributed by atoms with E-state index in [1.807, 2.05) is 6.92 Å². The number of aromatic nitrogens is 5. The van der Waals surface area contributed by atoms with Crippen LogP contribution in [0.15, 0.2) is 23.9 Å². The van der Waals surface area contributed by atoms with Crippen molar-refractivity contribution in [1.82, 2.24) is 24.3 Å². The quantitative estimate of drug-likeness (QED) is 0.758. The first-order valence-corrected chi connectivity index (χ1v) is 7.14. The Labute approximate surface area is 102 Å². The largest absolute Gasteiger partial charge is 0.328 e. The summed E-state index contributed by atoms with van der Waals surface area (Å²) in [7, 11) is 1.40. The molecule has 0 radical (unpaired) electrons. The fourth-order valence-corrected chi connectivity index (χ4v) is 2.06. The molecule has 0 saturated heterocycles. The zero-order valence-corrected chi connectivity index (χ0v) is 10.6. The number of halogens is 1. The van der Waals surface area contributed by atoms with E-state index >= 15 is 0 Å². The second-order valence-electron chi connectivity index (χ2n) is 3.31. The second kappa shape index (κ2) is 4.46. The highest BCUT2D eigenvalue weighted by atomic mass is 35.7. The van der Waals surface area contributed by atoms with Gasteiger partial charge >= 0.3 is 0 Å². The van der Waals surface area contributed by atoms with E-state index in [1.54, 1.807) is 9.25 Å². The van der Waals surface area contributed by atoms with Crippen molar-refractivity contribution in [2.75, 3.05) is 0 Å². The second-order valence-corrected chi connectivity index (χ2v) is 5.83. The molecule has 0 aromatic carbocycles. The Morgan fingerprint density at radius 3 is 2.76 bits per heavy atom. The van der Waals surface area contributed by atoms with Gasteiger partial charge in [-0.15, -0.1) is 0 Å². The van der Waals surface area contributed by atoms with Crippen LogP contribution in [-0.2, 0) is 22.1 Å². The molecule has 2 heterocycles. The van der Waals surface area contributed by atoms with Crippen LogP contribution >= 0.6 is 10.7 Å². The van der Waals surface area contributed by atoms with Crippen LogP contribution in [0.1, 0.15) is 12.7 Å². The maximum atomic E-state index is 11.0. The SMILES string of the molecule is CCn1ncnc1Cn1cnc(S(=O)(=O)Cl)c1. The number of aryl methyl sites for hydroxylation is 1. The van der Waals surface area contributed by atoms with Crippen LogP contribution in [0.4, 0.5) is 0 Å². The molecule has 0 spiro atoms. The summed E-state index contributed by atoms with van der Waals surface area (Å²) in [4.78, 5) is 7.78. The number of hydrogen-bond donors (Lipinski definition) is 0. The van der Waals surface area contributed by atoms with Crippen molar-refractivity contribution in [2.45, 2.75) is 25.0 Å². The normalized spacial score (nSPS) is 11.9. The van der Waals surface area contributed by atoms with E-state index in [1.165, 1.54) is 18.9 Å². The van der Waals surface area contributed by atoms with Crippen LogP contribution < -0.4 is 0 Å². The molecule has 2 aromatic heterocycles. The van der Waals surface area contributed by atoms with Gasteiger partial charge in [0.25, 0.3) is 9.05 Å². The van der Waals surface area contributed by atoms with Crippen LogP contribution in [0.3, 0.4) is 0 Å². The van der Waals surface area contributed by atoms with Gasteiger partial charge in [0.15, 0.2) is 5.03 Å². The van der Waals surface area contributed by atoms with Crippen molar-refractivity contribution in [3.63, 3.8) is 0 Å². The van der Waals surface area contributed by atoms with E-state index in [9.17, 15) is 8.42 Å². The highest BCUT2D eigenvalue weighted by Crippen LogP contribution is 2.11. The van der Waals surface area contributed by atoms with Crippen LogP contribution in [0, 0.1) is 0 Å². The molecule has 7 nitrogen and oxygen atoms in total. The summed E-state index contributed by atoms with van der Waals surface area (Å²) in [5.41, 5.74) is 0. The van der Waals surface area contributed by atoms with E-state index < -0.39 is 9.05 Å². The Bertz CT molecular complexity index is 617. The molecule has 0 bridgehead atoms. The van der Waals surface area contributed by atoms with Gasteiger partial charge in [0.05, 0.1) is 12.9 Å². The van der Waals surface area contributed by atoms with Gasteiger partial charge < -0.3 is 4.57 Å². The molecule has 0 unspecified atom stereocenters. The summed E-state index contributed by atoms with van der Waals surface area (Å²) in [6.45, 7) is 3.04. The highest BCUT2D eigenvalue weighted by Gasteiger charge is 2.14. The Kier molecular flexibility index (Phi) is 3.16. The van der Waals surface area contributed by atoms with E-state index in [4.69, 9.17) is 10.7 Å². The smallest absolute Gasteiger partial charge is 0.280 e. The van der Waals surface area contributed by atoms with E-state index in [0.29, 0.717) is 13.1 Å². The fraction of sp³-hybridized carbons (Fsp3) is 0.375. The van der Waals surface area contributed by atoms with Gasteiger partial charge in [0, 0.05) is 23.4 Å². The molecular weight excluding hydrogens is 266 g/mol. The molecule has 0 N–H and O–H groups in total. The minimum absolute atomic E-state index is 0.165. The summed E-state index contributed by atoms with van der Waals surface area (Å²) >= 11 is 0. The molecule has 0 fully saturated rings. The zero-order valence-electron chi connectivity index (χ0n) is 8.99. The van der Waals surface area contributed by atoms with Crippen molar-refractivity contribution in [1.29, 1.82) is 0 Å². The summed E-state index contributed by atoms with van der Waals surface area (Å²) in [6, 6.07) is 0. The van der Waals surface area contributed by atoms with E-state index in [0.717, 1.165) is 5.82 Å². The number of rotatable bonds is 4. The lowest BCUT2D eigenvalue weighted by Crippen LogP contribution is -2.07. The number of imidazole rings is 1. The number of hydrogen-bond acceptors (Lipinski definition) is 5.